The third-order valence-corrected chi connectivity index (χ3v) is 5.78. The first kappa shape index (κ1) is 11.8. The number of hydrogen-bond donors (Lipinski definition) is 1. The molecule has 2 fully saturated rings. The molecule has 1 nitrogen and oxygen atoms in total. The minimum atomic E-state index is -0.393. The zero-order valence-electron chi connectivity index (χ0n) is 10.1. The highest BCUT2D eigenvalue weighted by molar-refractivity contribution is 7.99. The molecule has 0 spiro atoms. The molecule has 2 aliphatic rings. The Bertz CT molecular complexity index is 221. The first-order valence-corrected chi connectivity index (χ1v) is 7.52. The van der Waals surface area contributed by atoms with E-state index < -0.39 is 5.60 Å². The molecule has 2 heteroatoms. The molecule has 1 aliphatic heterocycles. The Hall–Kier alpha value is 0.310. The number of aliphatic hydroxyl groups is 1. The molecule has 1 aliphatic carbocycles. The number of thioether (sulfide) groups is 1. The second kappa shape index (κ2) is 4.29. The van der Waals surface area contributed by atoms with Crippen molar-refractivity contribution in [1.29, 1.82) is 0 Å². The van der Waals surface area contributed by atoms with Crippen LogP contribution >= 0.6 is 11.8 Å². The third kappa shape index (κ3) is 2.08. The number of hydrogen-bond acceptors (Lipinski definition) is 2. The molecule has 1 saturated carbocycles. The molecule has 1 unspecified atom stereocenters. The maximum absolute atomic E-state index is 11.0. The molecular weight excluding hydrogens is 204 g/mol. The van der Waals surface area contributed by atoms with E-state index in [2.05, 4.69) is 13.8 Å². The second-order valence-electron chi connectivity index (χ2n) is 5.95. The molecule has 0 radical (unpaired) electrons. The molecule has 2 rings (SSSR count). The van der Waals surface area contributed by atoms with Crippen molar-refractivity contribution in [3.63, 3.8) is 0 Å². The van der Waals surface area contributed by atoms with Crippen molar-refractivity contribution in [2.75, 3.05) is 11.5 Å². The van der Waals surface area contributed by atoms with Crippen molar-refractivity contribution in [3.05, 3.63) is 0 Å². The molecule has 1 atom stereocenters. The summed E-state index contributed by atoms with van der Waals surface area (Å²) in [5.41, 5.74) is -0.267. The lowest BCUT2D eigenvalue weighted by Crippen LogP contribution is -2.55. The maximum Gasteiger partial charge on any atom is 0.0816 e. The summed E-state index contributed by atoms with van der Waals surface area (Å²) in [5, 5.41) is 11.0. The molecule has 0 aromatic carbocycles. The van der Waals surface area contributed by atoms with E-state index in [1.54, 1.807) is 0 Å². The molecule has 0 aromatic heterocycles. The van der Waals surface area contributed by atoms with E-state index in [1.165, 1.54) is 44.3 Å². The van der Waals surface area contributed by atoms with Gasteiger partial charge in [0, 0.05) is 5.75 Å². The Balaban J connectivity index is 2.14. The summed E-state index contributed by atoms with van der Waals surface area (Å²) in [4.78, 5) is 0. The van der Waals surface area contributed by atoms with E-state index in [9.17, 15) is 5.11 Å². The standard InChI is InChI=1S/C13H24OS/c1-12(2)8-9-15-10-13(12,14)11-6-4-3-5-7-11/h11,14H,3-10H2,1-2H3. The van der Waals surface area contributed by atoms with Crippen LogP contribution in [0.3, 0.4) is 0 Å². The first-order valence-electron chi connectivity index (χ1n) is 6.36. The second-order valence-corrected chi connectivity index (χ2v) is 7.05. The van der Waals surface area contributed by atoms with E-state index >= 15 is 0 Å². The van der Waals surface area contributed by atoms with E-state index in [4.69, 9.17) is 0 Å². The highest BCUT2D eigenvalue weighted by atomic mass is 32.2. The summed E-state index contributed by atoms with van der Waals surface area (Å²) in [6.07, 6.45) is 7.70. The minimum Gasteiger partial charge on any atom is -0.388 e. The van der Waals surface area contributed by atoms with Crippen LogP contribution in [0, 0.1) is 11.3 Å². The molecule has 0 bridgehead atoms. The van der Waals surface area contributed by atoms with E-state index in [-0.39, 0.29) is 5.41 Å². The Morgan fingerprint density at radius 3 is 2.40 bits per heavy atom. The molecule has 88 valence electrons. The largest absolute Gasteiger partial charge is 0.388 e. The van der Waals surface area contributed by atoms with Crippen molar-refractivity contribution in [2.45, 2.75) is 58.0 Å². The van der Waals surface area contributed by atoms with Gasteiger partial charge in [0.05, 0.1) is 5.60 Å². The lowest BCUT2D eigenvalue weighted by Gasteiger charge is -2.51. The molecule has 0 aromatic rings. The van der Waals surface area contributed by atoms with Crippen LogP contribution in [-0.4, -0.2) is 22.2 Å². The van der Waals surface area contributed by atoms with Gasteiger partial charge in [-0.1, -0.05) is 33.1 Å². The Morgan fingerprint density at radius 1 is 1.13 bits per heavy atom. The van der Waals surface area contributed by atoms with Crippen LogP contribution in [0.5, 0.6) is 0 Å². The van der Waals surface area contributed by atoms with Crippen LogP contribution in [0.1, 0.15) is 52.4 Å². The fraction of sp³-hybridized carbons (Fsp3) is 1.00. The summed E-state index contributed by atoms with van der Waals surface area (Å²) in [6, 6.07) is 0. The van der Waals surface area contributed by atoms with Gasteiger partial charge < -0.3 is 5.11 Å². The average molecular weight is 228 g/mol. The molecule has 1 heterocycles. The first-order chi connectivity index (χ1) is 7.06. The minimum absolute atomic E-state index is 0.125. The zero-order chi connectivity index (χ0) is 10.9. The van der Waals surface area contributed by atoms with Gasteiger partial charge >= 0.3 is 0 Å². The number of rotatable bonds is 1. The van der Waals surface area contributed by atoms with E-state index in [1.807, 2.05) is 11.8 Å². The predicted octanol–water partition coefficient (Wildman–Crippen LogP) is 3.46. The van der Waals surface area contributed by atoms with Gasteiger partial charge in [0.2, 0.25) is 0 Å². The van der Waals surface area contributed by atoms with Gasteiger partial charge in [0.25, 0.3) is 0 Å². The van der Waals surface area contributed by atoms with Crippen LogP contribution in [0.4, 0.5) is 0 Å². The van der Waals surface area contributed by atoms with Crippen molar-refractivity contribution in [2.24, 2.45) is 11.3 Å². The smallest absolute Gasteiger partial charge is 0.0816 e. The lowest BCUT2D eigenvalue weighted by atomic mass is 9.63. The molecule has 15 heavy (non-hydrogen) atoms. The Labute approximate surface area is 98.0 Å². The third-order valence-electron chi connectivity index (χ3n) is 4.65. The zero-order valence-corrected chi connectivity index (χ0v) is 10.9. The van der Waals surface area contributed by atoms with Gasteiger partial charge in [-0.2, -0.15) is 11.8 Å². The van der Waals surface area contributed by atoms with Crippen molar-refractivity contribution in [1.82, 2.24) is 0 Å². The Morgan fingerprint density at radius 2 is 1.80 bits per heavy atom. The summed E-state index contributed by atoms with van der Waals surface area (Å²) in [5.74, 6) is 2.75. The quantitative estimate of drug-likeness (QED) is 0.741. The lowest BCUT2D eigenvalue weighted by molar-refractivity contribution is -0.107. The normalized spacial score (nSPS) is 37.8. The maximum atomic E-state index is 11.0. The van der Waals surface area contributed by atoms with Gasteiger partial charge in [-0.3, -0.25) is 0 Å². The van der Waals surface area contributed by atoms with Crippen molar-refractivity contribution >= 4 is 11.8 Å². The van der Waals surface area contributed by atoms with Gasteiger partial charge in [-0.25, -0.2) is 0 Å². The van der Waals surface area contributed by atoms with Gasteiger partial charge in [-0.05, 0) is 36.3 Å². The summed E-state index contributed by atoms with van der Waals surface area (Å²) >= 11 is 1.95. The van der Waals surface area contributed by atoms with E-state index in [0.717, 1.165) is 5.75 Å². The van der Waals surface area contributed by atoms with Crippen LogP contribution in [0.25, 0.3) is 0 Å². The average Bonchev–Trinajstić information content (AvgIpc) is 2.24. The highest BCUT2D eigenvalue weighted by Crippen LogP contribution is 2.50. The fourth-order valence-corrected chi connectivity index (χ4v) is 4.95. The van der Waals surface area contributed by atoms with Gasteiger partial charge in [0.15, 0.2) is 0 Å². The molecule has 1 saturated heterocycles. The molecule has 0 amide bonds. The monoisotopic (exact) mass is 228 g/mol. The summed E-state index contributed by atoms with van der Waals surface area (Å²) in [6.45, 7) is 4.53. The highest BCUT2D eigenvalue weighted by Gasteiger charge is 2.50. The SMILES string of the molecule is CC1(C)CCSCC1(O)C1CCCCC1. The van der Waals surface area contributed by atoms with Crippen LogP contribution in [0.2, 0.25) is 0 Å². The summed E-state index contributed by atoms with van der Waals surface area (Å²) in [7, 11) is 0. The topological polar surface area (TPSA) is 20.2 Å². The van der Waals surface area contributed by atoms with E-state index in [0.29, 0.717) is 5.92 Å². The van der Waals surface area contributed by atoms with Crippen LogP contribution in [0.15, 0.2) is 0 Å². The van der Waals surface area contributed by atoms with Crippen LogP contribution in [-0.2, 0) is 0 Å². The van der Waals surface area contributed by atoms with Crippen molar-refractivity contribution < 1.29 is 5.11 Å². The van der Waals surface area contributed by atoms with Gasteiger partial charge in [0.1, 0.15) is 0 Å². The Kier molecular flexibility index (Phi) is 3.37. The molecular formula is C13H24OS. The van der Waals surface area contributed by atoms with Gasteiger partial charge in [-0.15, -0.1) is 0 Å². The van der Waals surface area contributed by atoms with Crippen LogP contribution < -0.4 is 0 Å². The van der Waals surface area contributed by atoms with Crippen molar-refractivity contribution in [3.8, 4) is 0 Å². The fourth-order valence-electron chi connectivity index (χ4n) is 3.22. The summed E-state index contributed by atoms with van der Waals surface area (Å²) < 4.78 is 0. The predicted molar refractivity (Wildman–Crippen MR) is 67.2 cm³/mol. The molecule has 1 N–H and O–H groups in total.